The van der Waals surface area contributed by atoms with Crippen molar-refractivity contribution in [1.82, 2.24) is 9.78 Å². The summed E-state index contributed by atoms with van der Waals surface area (Å²) >= 11 is 3.48. The van der Waals surface area contributed by atoms with E-state index in [1.807, 2.05) is 28.9 Å². The fraction of sp³-hybridized carbons (Fsp3) is 0.154. The average molecular weight is 525 g/mol. The maximum atomic E-state index is 13.6. The normalized spacial score (nSPS) is 10.8. The first-order valence-electron chi connectivity index (χ1n) is 10.5. The molecule has 0 amide bonds. The van der Waals surface area contributed by atoms with E-state index in [0.29, 0.717) is 23.6 Å². The Morgan fingerprint density at radius 2 is 1.82 bits per heavy atom. The van der Waals surface area contributed by atoms with Crippen LogP contribution in [0.25, 0.3) is 22.5 Å². The molecular formula is C26H22BrFN2O4. The van der Waals surface area contributed by atoms with Crippen LogP contribution in [0.5, 0.6) is 11.5 Å². The number of aromatic nitrogens is 2. The third-order valence-corrected chi connectivity index (χ3v) is 5.69. The number of halogens is 2. The third-order valence-electron chi connectivity index (χ3n) is 5.23. The molecule has 0 spiro atoms. The molecule has 0 aliphatic carbocycles. The van der Waals surface area contributed by atoms with E-state index in [1.54, 1.807) is 24.3 Å². The van der Waals surface area contributed by atoms with Crippen LogP contribution in [-0.2, 0) is 17.8 Å². The minimum Gasteiger partial charge on any atom is -0.493 e. The van der Waals surface area contributed by atoms with E-state index >= 15 is 0 Å². The monoisotopic (exact) mass is 524 g/mol. The fourth-order valence-electron chi connectivity index (χ4n) is 3.64. The second-order valence-electron chi connectivity index (χ2n) is 7.55. The van der Waals surface area contributed by atoms with Crippen molar-refractivity contribution in [2.45, 2.75) is 13.0 Å². The van der Waals surface area contributed by atoms with Crippen molar-refractivity contribution in [3.63, 3.8) is 0 Å². The molecule has 0 radical (unpaired) electrons. The van der Waals surface area contributed by atoms with Crippen LogP contribution in [0.15, 0.2) is 77.3 Å². The van der Waals surface area contributed by atoms with Crippen LogP contribution >= 0.6 is 15.9 Å². The lowest BCUT2D eigenvalue weighted by molar-refractivity contribution is -0.139. The summed E-state index contributed by atoms with van der Waals surface area (Å²) in [5.41, 5.74) is 3.93. The summed E-state index contributed by atoms with van der Waals surface area (Å²) in [7, 11) is 1.49. The summed E-state index contributed by atoms with van der Waals surface area (Å²) in [6.45, 7) is 0.0672. The van der Waals surface area contributed by atoms with Gasteiger partial charge in [0.05, 0.1) is 18.5 Å². The molecule has 34 heavy (non-hydrogen) atoms. The van der Waals surface area contributed by atoms with Gasteiger partial charge in [0.25, 0.3) is 0 Å². The number of hydrogen-bond donors (Lipinski definition) is 1. The lowest BCUT2D eigenvalue weighted by Gasteiger charge is -2.13. The standard InChI is InChI=1S/C26H22BrFN2O4/c1-33-24-14-19(27)13-21(26(24)34-16-25(31)32)22-15-23(18-7-9-20(28)10-8-18)30(29-22)12-11-17-5-3-2-4-6-17/h2-10,13-15H,11-12,16H2,1H3,(H,31,32). The zero-order valence-corrected chi connectivity index (χ0v) is 20.0. The molecule has 1 aromatic heterocycles. The largest absolute Gasteiger partial charge is 0.493 e. The summed E-state index contributed by atoms with van der Waals surface area (Å²) in [4.78, 5) is 11.2. The lowest BCUT2D eigenvalue weighted by Crippen LogP contribution is -2.11. The molecular weight excluding hydrogens is 503 g/mol. The first kappa shape index (κ1) is 23.5. The Bertz CT molecular complexity index is 1290. The molecule has 4 rings (SSSR count). The minimum atomic E-state index is -1.10. The lowest BCUT2D eigenvalue weighted by atomic mass is 10.1. The zero-order valence-electron chi connectivity index (χ0n) is 18.4. The van der Waals surface area contributed by atoms with Crippen LogP contribution in [0.2, 0.25) is 0 Å². The predicted octanol–water partition coefficient (Wildman–Crippen LogP) is 5.83. The number of carbonyl (C=O) groups is 1. The molecule has 0 saturated heterocycles. The van der Waals surface area contributed by atoms with Gasteiger partial charge in [0.2, 0.25) is 0 Å². The minimum absolute atomic E-state index is 0.284. The van der Waals surface area contributed by atoms with Crippen molar-refractivity contribution in [2.75, 3.05) is 13.7 Å². The van der Waals surface area contributed by atoms with E-state index in [9.17, 15) is 9.18 Å². The number of methoxy groups -OCH3 is 1. The highest BCUT2D eigenvalue weighted by molar-refractivity contribution is 9.10. The van der Waals surface area contributed by atoms with Crippen LogP contribution in [-0.4, -0.2) is 34.6 Å². The van der Waals surface area contributed by atoms with Gasteiger partial charge in [0.1, 0.15) is 5.82 Å². The molecule has 6 nitrogen and oxygen atoms in total. The molecule has 3 aromatic carbocycles. The summed E-state index contributed by atoms with van der Waals surface area (Å²) in [6.07, 6.45) is 0.750. The molecule has 8 heteroatoms. The third kappa shape index (κ3) is 5.46. The van der Waals surface area contributed by atoms with Gasteiger partial charge in [-0.05, 0) is 54.4 Å². The number of aliphatic carboxylic acids is 1. The summed E-state index contributed by atoms with van der Waals surface area (Å²) in [5.74, 6) is -0.754. The van der Waals surface area contributed by atoms with Crippen LogP contribution < -0.4 is 9.47 Å². The molecule has 4 aromatic rings. The van der Waals surface area contributed by atoms with Gasteiger partial charge in [-0.25, -0.2) is 9.18 Å². The van der Waals surface area contributed by atoms with Crippen molar-refractivity contribution >= 4 is 21.9 Å². The quantitative estimate of drug-likeness (QED) is 0.298. The Balaban J connectivity index is 1.80. The zero-order chi connectivity index (χ0) is 24.1. The number of carboxylic acids is 1. The molecule has 0 aliphatic heterocycles. The van der Waals surface area contributed by atoms with Gasteiger partial charge >= 0.3 is 5.97 Å². The van der Waals surface area contributed by atoms with E-state index < -0.39 is 12.6 Å². The average Bonchev–Trinajstić information content (AvgIpc) is 3.26. The van der Waals surface area contributed by atoms with E-state index in [1.165, 1.54) is 24.8 Å². The molecule has 0 atom stereocenters. The number of nitrogens with zero attached hydrogens (tertiary/aromatic N) is 2. The molecule has 0 bridgehead atoms. The van der Waals surface area contributed by atoms with Crippen molar-refractivity contribution in [2.24, 2.45) is 0 Å². The second-order valence-corrected chi connectivity index (χ2v) is 8.46. The predicted molar refractivity (Wildman–Crippen MR) is 131 cm³/mol. The van der Waals surface area contributed by atoms with E-state index in [2.05, 4.69) is 28.1 Å². The second kappa shape index (κ2) is 10.5. The Morgan fingerprint density at radius 1 is 1.09 bits per heavy atom. The van der Waals surface area contributed by atoms with Crippen LogP contribution in [0, 0.1) is 5.82 Å². The molecule has 0 saturated carbocycles. The Morgan fingerprint density at radius 3 is 2.50 bits per heavy atom. The van der Waals surface area contributed by atoms with E-state index in [0.717, 1.165) is 22.2 Å². The summed E-state index contributed by atoms with van der Waals surface area (Å²) < 4.78 is 27.2. The molecule has 174 valence electrons. The van der Waals surface area contributed by atoms with Crippen LogP contribution in [0.1, 0.15) is 5.56 Å². The maximum absolute atomic E-state index is 13.6. The number of carboxylic acid groups (broad SMARTS) is 1. The highest BCUT2D eigenvalue weighted by Gasteiger charge is 2.20. The number of ether oxygens (including phenoxy) is 2. The van der Waals surface area contributed by atoms with Crippen molar-refractivity contribution in [1.29, 1.82) is 0 Å². The van der Waals surface area contributed by atoms with E-state index in [4.69, 9.17) is 19.7 Å². The van der Waals surface area contributed by atoms with Gasteiger partial charge in [0, 0.05) is 22.1 Å². The molecule has 0 unspecified atom stereocenters. The first-order valence-corrected chi connectivity index (χ1v) is 11.3. The Labute approximate surface area is 204 Å². The van der Waals surface area contributed by atoms with Crippen molar-refractivity contribution < 1.29 is 23.8 Å². The fourth-order valence-corrected chi connectivity index (χ4v) is 4.08. The highest BCUT2D eigenvalue weighted by Crippen LogP contribution is 2.41. The Kier molecular flexibility index (Phi) is 7.27. The maximum Gasteiger partial charge on any atom is 0.341 e. The van der Waals surface area contributed by atoms with Gasteiger partial charge in [-0.15, -0.1) is 0 Å². The van der Waals surface area contributed by atoms with Crippen molar-refractivity contribution in [3.8, 4) is 34.0 Å². The van der Waals surface area contributed by atoms with Gasteiger partial charge in [0.15, 0.2) is 18.1 Å². The molecule has 0 aliphatic rings. The summed E-state index contributed by atoms with van der Waals surface area (Å²) in [5, 5.41) is 13.9. The SMILES string of the molecule is COc1cc(Br)cc(-c2cc(-c3ccc(F)cc3)n(CCc3ccccc3)n2)c1OCC(=O)O. The van der Waals surface area contributed by atoms with Gasteiger partial charge in [-0.2, -0.15) is 5.10 Å². The van der Waals surface area contributed by atoms with Crippen LogP contribution in [0.3, 0.4) is 0 Å². The van der Waals surface area contributed by atoms with E-state index in [-0.39, 0.29) is 11.6 Å². The van der Waals surface area contributed by atoms with Gasteiger partial charge in [-0.3, -0.25) is 4.68 Å². The summed E-state index contributed by atoms with van der Waals surface area (Å²) in [6, 6.07) is 21.7. The van der Waals surface area contributed by atoms with Gasteiger partial charge < -0.3 is 14.6 Å². The molecule has 0 fully saturated rings. The van der Waals surface area contributed by atoms with Crippen molar-refractivity contribution in [3.05, 3.63) is 88.6 Å². The highest BCUT2D eigenvalue weighted by atomic mass is 79.9. The number of benzene rings is 3. The number of hydrogen-bond acceptors (Lipinski definition) is 4. The first-order chi connectivity index (χ1) is 16.4. The molecule has 1 heterocycles. The topological polar surface area (TPSA) is 73.6 Å². The number of aryl methyl sites for hydroxylation is 2. The smallest absolute Gasteiger partial charge is 0.341 e. The Hall–Kier alpha value is -3.65. The van der Waals surface area contributed by atoms with Crippen LogP contribution in [0.4, 0.5) is 4.39 Å². The molecule has 1 N–H and O–H groups in total. The van der Waals surface area contributed by atoms with Gasteiger partial charge in [-0.1, -0.05) is 46.3 Å². The number of rotatable bonds is 9.